The largest absolute Gasteiger partial charge is 0.377 e. The van der Waals surface area contributed by atoms with E-state index in [0.29, 0.717) is 38.0 Å². The molecule has 2 heterocycles. The van der Waals surface area contributed by atoms with Crippen LogP contribution in [-0.2, 0) is 40.9 Å². The van der Waals surface area contributed by atoms with Crippen LogP contribution in [0, 0.1) is 0 Å². The molecule has 11 heteroatoms. The molecule has 1 unspecified atom stereocenters. The number of nitrogens with zero attached hydrogens (tertiary/aromatic N) is 4. The molecule has 0 saturated heterocycles. The smallest absolute Gasteiger partial charge is 0.238 e. The summed E-state index contributed by atoms with van der Waals surface area (Å²) in [4.78, 5) is 9.16. The lowest BCUT2D eigenvalue weighted by Crippen LogP contribution is -2.47. The van der Waals surface area contributed by atoms with Crippen molar-refractivity contribution >= 4 is 16.0 Å². The number of sulfonamides is 1. The van der Waals surface area contributed by atoms with Crippen molar-refractivity contribution in [2.75, 3.05) is 13.7 Å². The van der Waals surface area contributed by atoms with E-state index in [1.807, 2.05) is 17.7 Å². The molecule has 2 aromatic rings. The number of hydrogen-bond acceptors (Lipinski definition) is 6. The van der Waals surface area contributed by atoms with Gasteiger partial charge in [-0.15, -0.1) is 0 Å². The van der Waals surface area contributed by atoms with Gasteiger partial charge < -0.3 is 15.4 Å². The van der Waals surface area contributed by atoms with Gasteiger partial charge in [0.15, 0.2) is 11.8 Å². The van der Waals surface area contributed by atoms with Gasteiger partial charge in [-0.1, -0.05) is 12.1 Å². The van der Waals surface area contributed by atoms with Crippen molar-refractivity contribution in [3.63, 3.8) is 0 Å². The molecule has 0 bridgehead atoms. The highest BCUT2D eigenvalue weighted by atomic mass is 32.2. The number of primary sulfonamides is 1. The summed E-state index contributed by atoms with van der Waals surface area (Å²) in [5.74, 6) is 2.33. The standard InChI is InChI=1S/C18H27N7O3S/c1-3-20-18(21-10-13-5-4-6-15(9-13)29(19,26)27)22-14-7-8-17-23-16(12-28-2)24-25(17)11-14/h4-6,9,14H,3,7-8,10-12H2,1-2H3,(H2,19,26,27)(H2,20,21,22). The number of fused-ring (bicyclic) bond motifs is 1. The van der Waals surface area contributed by atoms with E-state index in [9.17, 15) is 8.42 Å². The third kappa shape index (κ3) is 5.75. The number of guanidine groups is 1. The van der Waals surface area contributed by atoms with Crippen LogP contribution in [0.25, 0.3) is 0 Å². The van der Waals surface area contributed by atoms with Crippen LogP contribution in [0.4, 0.5) is 0 Å². The molecule has 0 saturated carbocycles. The first-order chi connectivity index (χ1) is 13.9. The predicted octanol–water partition coefficient (Wildman–Crippen LogP) is 0.142. The van der Waals surface area contributed by atoms with Crippen LogP contribution in [0.5, 0.6) is 0 Å². The van der Waals surface area contributed by atoms with Gasteiger partial charge in [-0.25, -0.2) is 28.2 Å². The number of nitrogens with two attached hydrogens (primary N) is 1. The van der Waals surface area contributed by atoms with Crippen LogP contribution in [0.3, 0.4) is 0 Å². The number of aryl methyl sites for hydroxylation is 1. The van der Waals surface area contributed by atoms with E-state index in [-0.39, 0.29) is 10.9 Å². The van der Waals surface area contributed by atoms with Crippen molar-refractivity contribution in [1.29, 1.82) is 0 Å². The number of benzene rings is 1. The average molecular weight is 422 g/mol. The van der Waals surface area contributed by atoms with Gasteiger partial charge in [-0.3, -0.25) is 0 Å². The van der Waals surface area contributed by atoms with Crippen molar-refractivity contribution in [2.45, 2.75) is 50.4 Å². The molecule has 1 atom stereocenters. The summed E-state index contributed by atoms with van der Waals surface area (Å²) in [6.07, 6.45) is 1.74. The van der Waals surface area contributed by atoms with E-state index in [4.69, 9.17) is 9.88 Å². The maximum absolute atomic E-state index is 11.5. The molecule has 3 rings (SSSR count). The van der Waals surface area contributed by atoms with Crippen LogP contribution < -0.4 is 15.8 Å². The number of hydrogen-bond donors (Lipinski definition) is 3. The minimum atomic E-state index is -3.73. The summed E-state index contributed by atoms with van der Waals surface area (Å²) < 4.78 is 30.1. The molecule has 29 heavy (non-hydrogen) atoms. The van der Waals surface area contributed by atoms with Crippen LogP contribution in [0.1, 0.15) is 30.6 Å². The van der Waals surface area contributed by atoms with Gasteiger partial charge in [-0.2, -0.15) is 5.10 Å². The first-order valence-corrected chi connectivity index (χ1v) is 11.0. The molecule has 0 amide bonds. The summed E-state index contributed by atoms with van der Waals surface area (Å²) >= 11 is 0. The second kappa shape index (κ2) is 9.33. The van der Waals surface area contributed by atoms with Crippen LogP contribution in [0.2, 0.25) is 0 Å². The number of rotatable bonds is 7. The Hall–Kier alpha value is -2.50. The molecule has 0 aliphatic carbocycles. The quantitative estimate of drug-likeness (QED) is 0.427. The summed E-state index contributed by atoms with van der Waals surface area (Å²) in [5, 5.41) is 16.3. The zero-order valence-corrected chi connectivity index (χ0v) is 17.4. The number of methoxy groups -OCH3 is 1. The maximum atomic E-state index is 11.5. The first-order valence-electron chi connectivity index (χ1n) is 9.47. The van der Waals surface area contributed by atoms with Crippen molar-refractivity contribution in [2.24, 2.45) is 10.1 Å². The van der Waals surface area contributed by atoms with Gasteiger partial charge >= 0.3 is 0 Å². The Bertz CT molecular complexity index is 972. The van der Waals surface area contributed by atoms with E-state index in [0.717, 1.165) is 24.2 Å². The Morgan fingerprint density at radius 1 is 1.45 bits per heavy atom. The van der Waals surface area contributed by atoms with Crippen molar-refractivity contribution < 1.29 is 13.2 Å². The number of aromatic nitrogens is 3. The summed E-state index contributed by atoms with van der Waals surface area (Å²) in [7, 11) is -2.10. The molecular formula is C18H27N7O3S. The van der Waals surface area contributed by atoms with Gasteiger partial charge in [0.25, 0.3) is 0 Å². The highest BCUT2D eigenvalue weighted by Gasteiger charge is 2.22. The van der Waals surface area contributed by atoms with Gasteiger partial charge in [0.2, 0.25) is 10.0 Å². The lowest BCUT2D eigenvalue weighted by molar-refractivity contribution is 0.177. The highest BCUT2D eigenvalue weighted by molar-refractivity contribution is 7.89. The van der Waals surface area contributed by atoms with Gasteiger partial charge in [0, 0.05) is 26.1 Å². The molecule has 158 valence electrons. The van der Waals surface area contributed by atoms with Crippen molar-refractivity contribution in [3.05, 3.63) is 41.5 Å². The SMILES string of the molecule is CCNC(=NCc1cccc(S(N)(=O)=O)c1)NC1CCc2nc(COC)nn2C1. The number of ether oxygens (including phenoxy) is 1. The predicted molar refractivity (Wildman–Crippen MR) is 109 cm³/mol. The summed E-state index contributed by atoms with van der Waals surface area (Å²) in [5.41, 5.74) is 0.764. The molecule has 0 fully saturated rings. The molecule has 1 aliphatic heterocycles. The lowest BCUT2D eigenvalue weighted by atomic mass is 10.1. The molecule has 1 aromatic carbocycles. The minimum Gasteiger partial charge on any atom is -0.377 e. The van der Waals surface area contributed by atoms with Crippen molar-refractivity contribution in [1.82, 2.24) is 25.4 Å². The average Bonchev–Trinajstić information content (AvgIpc) is 3.08. The molecule has 0 radical (unpaired) electrons. The number of aliphatic imine (C=N–C) groups is 1. The summed E-state index contributed by atoms with van der Waals surface area (Å²) in [6, 6.07) is 6.66. The first kappa shape index (κ1) is 21.2. The van der Waals surface area contributed by atoms with E-state index in [1.165, 1.54) is 6.07 Å². The van der Waals surface area contributed by atoms with Crippen LogP contribution in [0.15, 0.2) is 34.2 Å². The van der Waals surface area contributed by atoms with E-state index < -0.39 is 10.0 Å². The third-order valence-corrected chi connectivity index (χ3v) is 5.42. The molecule has 1 aromatic heterocycles. The fraction of sp³-hybridized carbons (Fsp3) is 0.500. The Labute approximate surface area is 170 Å². The van der Waals surface area contributed by atoms with E-state index >= 15 is 0 Å². The molecule has 4 N–H and O–H groups in total. The Morgan fingerprint density at radius 3 is 3.00 bits per heavy atom. The third-order valence-electron chi connectivity index (χ3n) is 4.51. The lowest BCUT2D eigenvalue weighted by Gasteiger charge is -2.25. The maximum Gasteiger partial charge on any atom is 0.238 e. The Kier molecular flexibility index (Phi) is 6.83. The van der Waals surface area contributed by atoms with Gasteiger partial charge in [0.05, 0.1) is 18.0 Å². The molecule has 0 spiro atoms. The fourth-order valence-electron chi connectivity index (χ4n) is 3.17. The monoisotopic (exact) mass is 421 g/mol. The normalized spacial score (nSPS) is 17.1. The van der Waals surface area contributed by atoms with Gasteiger partial charge in [-0.05, 0) is 31.0 Å². The van der Waals surface area contributed by atoms with Crippen LogP contribution >= 0.6 is 0 Å². The second-order valence-electron chi connectivity index (χ2n) is 6.83. The van der Waals surface area contributed by atoms with Crippen LogP contribution in [-0.4, -0.2) is 48.8 Å². The highest BCUT2D eigenvalue weighted by Crippen LogP contribution is 2.14. The van der Waals surface area contributed by atoms with Crippen molar-refractivity contribution in [3.8, 4) is 0 Å². The Morgan fingerprint density at radius 2 is 2.28 bits per heavy atom. The molecule has 1 aliphatic rings. The second-order valence-corrected chi connectivity index (χ2v) is 8.39. The number of nitrogens with one attached hydrogen (secondary N) is 2. The van der Waals surface area contributed by atoms with Gasteiger partial charge in [0.1, 0.15) is 12.4 Å². The Balaban J connectivity index is 1.67. The molecular weight excluding hydrogens is 394 g/mol. The fourth-order valence-corrected chi connectivity index (χ4v) is 3.76. The van der Waals surface area contributed by atoms with E-state index in [2.05, 4.69) is 25.7 Å². The zero-order chi connectivity index (χ0) is 20.9. The zero-order valence-electron chi connectivity index (χ0n) is 16.6. The van der Waals surface area contributed by atoms with E-state index in [1.54, 1.807) is 19.2 Å². The topological polar surface area (TPSA) is 137 Å². The summed E-state index contributed by atoms with van der Waals surface area (Å²) in [6.45, 7) is 4.13. The molecule has 10 nitrogen and oxygen atoms in total. The minimum absolute atomic E-state index is 0.0843.